The number of para-hydroxylation sites is 1. The third-order valence-electron chi connectivity index (χ3n) is 5.48. The number of carbonyl (C=O) groups is 1. The SMILES string of the molecule is Cc1nn(-c2ccccc2Cl)c2sc(C(=O)NCCc3nccn3Cc3ccccc3)cc12. The van der Waals surface area contributed by atoms with Crippen molar-refractivity contribution in [1.82, 2.24) is 24.6 Å². The van der Waals surface area contributed by atoms with Gasteiger partial charge in [-0.1, -0.05) is 54.1 Å². The zero-order valence-corrected chi connectivity index (χ0v) is 19.6. The summed E-state index contributed by atoms with van der Waals surface area (Å²) in [5.74, 6) is 0.850. The standard InChI is InChI=1S/C25H22ClN5OS/c1-17-19-15-22(33-25(19)31(29-17)21-10-6-5-9-20(21)26)24(32)28-12-11-23-27-13-14-30(23)16-18-7-3-2-4-8-18/h2-10,13-15H,11-12,16H2,1H3,(H,28,32). The van der Waals surface area contributed by atoms with Gasteiger partial charge < -0.3 is 9.88 Å². The number of imidazole rings is 1. The van der Waals surface area contributed by atoms with E-state index in [-0.39, 0.29) is 5.91 Å². The fourth-order valence-corrected chi connectivity index (χ4v) is 5.12. The quantitative estimate of drug-likeness (QED) is 0.349. The van der Waals surface area contributed by atoms with Crippen molar-refractivity contribution in [2.45, 2.75) is 19.9 Å². The summed E-state index contributed by atoms with van der Waals surface area (Å²) in [6.45, 7) is 3.21. The molecule has 3 aromatic heterocycles. The maximum atomic E-state index is 12.9. The number of amides is 1. The Morgan fingerprint density at radius 1 is 1.12 bits per heavy atom. The van der Waals surface area contributed by atoms with Crippen LogP contribution in [-0.2, 0) is 13.0 Å². The van der Waals surface area contributed by atoms with Gasteiger partial charge in [-0.05, 0) is 30.7 Å². The number of thiophene rings is 1. The van der Waals surface area contributed by atoms with Gasteiger partial charge >= 0.3 is 0 Å². The highest BCUT2D eigenvalue weighted by atomic mass is 35.5. The first kappa shape index (κ1) is 21.4. The molecule has 0 fully saturated rings. The first-order valence-electron chi connectivity index (χ1n) is 10.7. The van der Waals surface area contributed by atoms with Crippen LogP contribution in [0, 0.1) is 6.92 Å². The van der Waals surface area contributed by atoms with Crippen LogP contribution in [0.3, 0.4) is 0 Å². The maximum absolute atomic E-state index is 12.9. The fraction of sp³-hybridized carbons (Fsp3) is 0.160. The Morgan fingerprint density at radius 3 is 2.73 bits per heavy atom. The molecule has 166 valence electrons. The molecular formula is C25H22ClN5OS. The van der Waals surface area contributed by atoms with Crippen LogP contribution < -0.4 is 5.32 Å². The lowest BCUT2D eigenvalue weighted by atomic mass is 10.2. The van der Waals surface area contributed by atoms with E-state index in [0.717, 1.165) is 34.0 Å². The number of benzene rings is 2. The van der Waals surface area contributed by atoms with E-state index >= 15 is 0 Å². The van der Waals surface area contributed by atoms with E-state index in [1.165, 1.54) is 16.9 Å². The molecule has 1 amide bonds. The molecule has 0 atom stereocenters. The molecule has 0 aliphatic carbocycles. The molecule has 0 saturated heterocycles. The van der Waals surface area contributed by atoms with Crippen LogP contribution in [0.1, 0.15) is 26.8 Å². The molecule has 0 saturated carbocycles. The van der Waals surface area contributed by atoms with Gasteiger partial charge in [0.1, 0.15) is 10.7 Å². The number of rotatable bonds is 7. The molecule has 0 bridgehead atoms. The molecule has 0 unspecified atom stereocenters. The van der Waals surface area contributed by atoms with E-state index in [2.05, 4.69) is 32.1 Å². The van der Waals surface area contributed by atoms with Crippen molar-refractivity contribution >= 4 is 39.1 Å². The van der Waals surface area contributed by atoms with Gasteiger partial charge in [0, 0.05) is 37.3 Å². The maximum Gasteiger partial charge on any atom is 0.261 e. The van der Waals surface area contributed by atoms with Gasteiger partial charge in [-0.15, -0.1) is 11.3 Å². The van der Waals surface area contributed by atoms with E-state index in [4.69, 9.17) is 11.6 Å². The molecule has 6 nitrogen and oxygen atoms in total. The van der Waals surface area contributed by atoms with Crippen molar-refractivity contribution in [1.29, 1.82) is 0 Å². The molecule has 8 heteroatoms. The van der Waals surface area contributed by atoms with Crippen LogP contribution in [0.15, 0.2) is 73.1 Å². The largest absolute Gasteiger partial charge is 0.351 e. The minimum absolute atomic E-state index is 0.0949. The smallest absolute Gasteiger partial charge is 0.261 e. The summed E-state index contributed by atoms with van der Waals surface area (Å²) < 4.78 is 3.93. The summed E-state index contributed by atoms with van der Waals surface area (Å²) in [6, 6.07) is 19.7. The molecular weight excluding hydrogens is 454 g/mol. The Hall–Kier alpha value is -3.42. The lowest BCUT2D eigenvalue weighted by Gasteiger charge is -2.08. The zero-order chi connectivity index (χ0) is 22.8. The van der Waals surface area contributed by atoms with Crippen LogP contribution in [0.5, 0.6) is 0 Å². The number of hydrogen-bond acceptors (Lipinski definition) is 4. The van der Waals surface area contributed by atoms with Crippen LogP contribution in [0.25, 0.3) is 15.9 Å². The van der Waals surface area contributed by atoms with E-state index in [1.807, 2.05) is 66.3 Å². The Labute approximate surface area is 200 Å². The summed E-state index contributed by atoms with van der Waals surface area (Å²) in [7, 11) is 0. The van der Waals surface area contributed by atoms with Gasteiger partial charge in [-0.2, -0.15) is 5.10 Å². The number of nitrogens with zero attached hydrogens (tertiary/aromatic N) is 4. The minimum atomic E-state index is -0.0949. The second-order valence-electron chi connectivity index (χ2n) is 7.74. The zero-order valence-electron chi connectivity index (χ0n) is 18.0. The monoisotopic (exact) mass is 475 g/mol. The summed E-state index contributed by atoms with van der Waals surface area (Å²) >= 11 is 7.79. The first-order valence-corrected chi connectivity index (χ1v) is 11.9. The first-order chi connectivity index (χ1) is 16.1. The van der Waals surface area contributed by atoms with Crippen LogP contribution in [0.4, 0.5) is 0 Å². The van der Waals surface area contributed by atoms with Crippen molar-refractivity contribution in [2.24, 2.45) is 0 Å². The van der Waals surface area contributed by atoms with Gasteiger partial charge in [0.2, 0.25) is 0 Å². The minimum Gasteiger partial charge on any atom is -0.351 e. The Kier molecular flexibility index (Phi) is 5.98. The number of nitrogens with one attached hydrogen (secondary N) is 1. The van der Waals surface area contributed by atoms with Gasteiger partial charge in [0.05, 0.1) is 21.3 Å². The van der Waals surface area contributed by atoms with Crippen molar-refractivity contribution in [3.05, 3.63) is 100 Å². The lowest BCUT2D eigenvalue weighted by molar-refractivity contribution is 0.0958. The summed E-state index contributed by atoms with van der Waals surface area (Å²) in [4.78, 5) is 18.9. The molecule has 0 radical (unpaired) electrons. The van der Waals surface area contributed by atoms with Gasteiger partial charge in [0.25, 0.3) is 5.91 Å². The van der Waals surface area contributed by atoms with Crippen molar-refractivity contribution in [3.63, 3.8) is 0 Å². The van der Waals surface area contributed by atoms with E-state index < -0.39 is 0 Å². The Morgan fingerprint density at radius 2 is 1.91 bits per heavy atom. The van der Waals surface area contributed by atoms with Crippen molar-refractivity contribution in [3.8, 4) is 5.69 Å². The van der Waals surface area contributed by atoms with E-state index in [9.17, 15) is 4.79 Å². The van der Waals surface area contributed by atoms with Crippen LogP contribution in [0.2, 0.25) is 5.02 Å². The van der Waals surface area contributed by atoms with Gasteiger partial charge in [-0.3, -0.25) is 4.79 Å². The summed E-state index contributed by atoms with van der Waals surface area (Å²) in [6.07, 6.45) is 4.43. The molecule has 1 N–H and O–H groups in total. The number of hydrogen-bond donors (Lipinski definition) is 1. The summed E-state index contributed by atoms with van der Waals surface area (Å²) in [5.41, 5.74) is 2.88. The topological polar surface area (TPSA) is 64.7 Å². The molecule has 33 heavy (non-hydrogen) atoms. The number of fused-ring (bicyclic) bond motifs is 1. The van der Waals surface area contributed by atoms with E-state index in [0.29, 0.717) is 22.9 Å². The van der Waals surface area contributed by atoms with Crippen LogP contribution >= 0.6 is 22.9 Å². The number of aromatic nitrogens is 4. The predicted molar refractivity (Wildman–Crippen MR) is 133 cm³/mol. The highest BCUT2D eigenvalue weighted by Crippen LogP contribution is 2.32. The molecule has 5 aromatic rings. The molecule has 0 aliphatic heterocycles. The molecule has 2 aromatic carbocycles. The predicted octanol–water partition coefficient (Wildman–Crippen LogP) is 5.27. The van der Waals surface area contributed by atoms with Crippen LogP contribution in [-0.4, -0.2) is 31.8 Å². The van der Waals surface area contributed by atoms with Gasteiger partial charge in [-0.25, -0.2) is 9.67 Å². The van der Waals surface area contributed by atoms with Gasteiger partial charge in [0.15, 0.2) is 0 Å². The van der Waals surface area contributed by atoms with Crippen molar-refractivity contribution < 1.29 is 4.79 Å². The molecule has 0 spiro atoms. The molecule has 5 rings (SSSR count). The fourth-order valence-electron chi connectivity index (χ4n) is 3.81. The average Bonchev–Trinajstić information content (AvgIpc) is 3.52. The number of halogens is 1. The highest BCUT2D eigenvalue weighted by Gasteiger charge is 2.18. The van der Waals surface area contributed by atoms with Crippen molar-refractivity contribution in [2.75, 3.05) is 6.54 Å². The number of carbonyl (C=O) groups excluding carboxylic acids is 1. The highest BCUT2D eigenvalue weighted by molar-refractivity contribution is 7.20. The Balaban J connectivity index is 1.28. The van der Waals surface area contributed by atoms with E-state index in [1.54, 1.807) is 6.20 Å². The second-order valence-corrected chi connectivity index (χ2v) is 9.18. The molecule has 0 aliphatic rings. The number of aryl methyl sites for hydroxylation is 1. The third-order valence-corrected chi connectivity index (χ3v) is 6.91. The second kappa shape index (κ2) is 9.21. The lowest BCUT2D eigenvalue weighted by Crippen LogP contribution is -2.25. The average molecular weight is 476 g/mol. The third kappa shape index (κ3) is 4.42. The molecule has 3 heterocycles. The summed E-state index contributed by atoms with van der Waals surface area (Å²) in [5, 5.41) is 9.23. The normalized spacial score (nSPS) is 11.2. The Bertz CT molecular complexity index is 1420.